The van der Waals surface area contributed by atoms with Crippen molar-refractivity contribution in [3.8, 4) is 0 Å². The van der Waals surface area contributed by atoms with Gasteiger partial charge in [-0.1, -0.05) is 0 Å². The van der Waals surface area contributed by atoms with Gasteiger partial charge in [-0.05, 0) is 94.7 Å². The van der Waals surface area contributed by atoms with Crippen LogP contribution in [0, 0.1) is 94.7 Å². The van der Waals surface area contributed by atoms with Crippen molar-refractivity contribution in [3.05, 3.63) is 0 Å². The van der Waals surface area contributed by atoms with Crippen molar-refractivity contribution >= 4 is 0 Å². The van der Waals surface area contributed by atoms with Crippen molar-refractivity contribution in [3.63, 3.8) is 0 Å². The average molecular weight is 208 g/mol. The van der Waals surface area contributed by atoms with Gasteiger partial charge >= 0.3 is 0 Å². The van der Waals surface area contributed by atoms with E-state index in [-0.39, 0.29) is 0 Å². The second-order valence-corrected chi connectivity index (χ2v) is 9.24. The zero-order valence-corrected chi connectivity index (χ0v) is 9.24. The molecule has 0 aromatic rings. The van der Waals surface area contributed by atoms with E-state index < -0.39 is 0 Å². The molecule has 10 aliphatic carbocycles. The first-order chi connectivity index (χ1) is 8.00. The molecule has 0 radical (unpaired) electrons. The van der Waals surface area contributed by atoms with E-state index >= 15 is 0 Å². The number of rotatable bonds is 0. The van der Waals surface area contributed by atoms with Gasteiger partial charge in [0.1, 0.15) is 0 Å². The molecule has 10 fully saturated rings. The highest BCUT2D eigenvalue weighted by molar-refractivity contribution is 5.44. The van der Waals surface area contributed by atoms with Crippen LogP contribution in [0.5, 0.6) is 0 Å². The SMILES string of the molecule is C12C3C4C1C1C5C6C7C8C6C1C4C8C3C7C25. The molecule has 0 amide bonds. The monoisotopic (exact) mass is 208 g/mol. The van der Waals surface area contributed by atoms with Crippen LogP contribution < -0.4 is 0 Å². The summed E-state index contributed by atoms with van der Waals surface area (Å²) in [7, 11) is 0. The van der Waals surface area contributed by atoms with Crippen LogP contribution in [0.3, 0.4) is 0 Å². The molecule has 0 aromatic carbocycles. The first-order valence-corrected chi connectivity index (χ1v) is 8.00. The molecule has 0 heterocycles. The fourth-order valence-corrected chi connectivity index (χ4v) is 12.0. The maximum absolute atomic E-state index is 1.33. The zero-order chi connectivity index (χ0) is 9.24. The lowest BCUT2D eigenvalue weighted by Gasteiger charge is -2.44. The van der Waals surface area contributed by atoms with Gasteiger partial charge < -0.3 is 0 Å². The Labute approximate surface area is 95.2 Å². The van der Waals surface area contributed by atoms with Crippen LogP contribution in [0.15, 0.2) is 0 Å². The maximum Gasteiger partial charge on any atom is -0.0312 e. The quantitative estimate of drug-likeness (QED) is 0.571. The van der Waals surface area contributed by atoms with Crippen LogP contribution in [0.25, 0.3) is 0 Å². The molecule has 0 aromatic heterocycles. The van der Waals surface area contributed by atoms with Gasteiger partial charge in [-0.2, -0.15) is 0 Å². The molecule has 0 nitrogen and oxygen atoms in total. The van der Waals surface area contributed by atoms with Gasteiger partial charge in [-0.3, -0.25) is 0 Å². The molecule has 0 saturated heterocycles. The van der Waals surface area contributed by atoms with Crippen molar-refractivity contribution in [1.29, 1.82) is 0 Å². The Kier molecular flexibility index (Phi) is 0.498. The summed E-state index contributed by atoms with van der Waals surface area (Å²) in [6.07, 6.45) is 0. The van der Waals surface area contributed by atoms with Crippen LogP contribution in [0.1, 0.15) is 0 Å². The van der Waals surface area contributed by atoms with E-state index in [0.29, 0.717) is 0 Å². The molecule has 10 rings (SSSR count). The molecule has 10 saturated carbocycles. The predicted octanol–water partition coefficient (Wildman–Crippen LogP) is 1.97. The lowest BCUT2D eigenvalue weighted by Crippen LogP contribution is -2.41. The van der Waals surface area contributed by atoms with Crippen molar-refractivity contribution < 1.29 is 0 Å². The topological polar surface area (TPSA) is 0 Å². The Morgan fingerprint density at radius 1 is 0.125 bits per heavy atom. The Morgan fingerprint density at radius 2 is 0.188 bits per heavy atom. The molecule has 16 heavy (non-hydrogen) atoms. The maximum atomic E-state index is 1.33. The van der Waals surface area contributed by atoms with Crippen LogP contribution in [-0.4, -0.2) is 0 Å². The normalized spacial score (nSPS) is 108. The smallest absolute Gasteiger partial charge is 0.0312 e. The van der Waals surface area contributed by atoms with E-state index in [2.05, 4.69) is 0 Å². The van der Waals surface area contributed by atoms with E-state index in [0.717, 1.165) is 0 Å². The minimum Gasteiger partial charge on any atom is -0.0312 e. The van der Waals surface area contributed by atoms with Gasteiger partial charge in [-0.25, -0.2) is 0 Å². The summed E-state index contributed by atoms with van der Waals surface area (Å²) < 4.78 is 0. The van der Waals surface area contributed by atoms with Crippen molar-refractivity contribution in [2.75, 3.05) is 0 Å². The molecule has 0 N–H and O–H groups in total. The fraction of sp³-hybridized carbons (Fsp3) is 1.00. The largest absolute Gasteiger partial charge is 0.0312 e. The van der Waals surface area contributed by atoms with E-state index in [1.54, 1.807) is 0 Å². The summed E-state index contributed by atoms with van der Waals surface area (Å²) in [6, 6.07) is 0. The highest BCUT2D eigenvalue weighted by Crippen LogP contribution is 3.01. The third kappa shape index (κ3) is 0.257. The Hall–Kier alpha value is 0. The highest BCUT2D eigenvalue weighted by atomic mass is 15.0. The van der Waals surface area contributed by atoms with E-state index in [1.165, 1.54) is 94.7 Å². The van der Waals surface area contributed by atoms with Crippen molar-refractivity contribution in [2.45, 2.75) is 0 Å². The second kappa shape index (κ2) is 1.28. The van der Waals surface area contributed by atoms with Crippen molar-refractivity contribution in [1.82, 2.24) is 0 Å². The lowest BCUT2D eigenvalue weighted by atomic mass is 9.60. The van der Waals surface area contributed by atoms with Crippen LogP contribution in [-0.2, 0) is 0 Å². The van der Waals surface area contributed by atoms with Crippen molar-refractivity contribution in [2.24, 2.45) is 94.7 Å². The minimum atomic E-state index is 1.33. The Balaban J connectivity index is 1.65. The summed E-state index contributed by atoms with van der Waals surface area (Å²) in [6.45, 7) is 0. The zero-order valence-electron chi connectivity index (χ0n) is 9.24. The molecule has 0 heteroatoms. The van der Waals surface area contributed by atoms with Gasteiger partial charge in [0.25, 0.3) is 0 Å². The standard InChI is InChI=1S/C16H16/c1-2-4-6-8-7-5(13-9(1)12(4)16(8)13)3(1)11-10(2)14(6)15(7)11/h1-16H. The molecule has 0 aliphatic heterocycles. The minimum absolute atomic E-state index is 1.33. The van der Waals surface area contributed by atoms with E-state index in [1.807, 2.05) is 0 Å². The van der Waals surface area contributed by atoms with Gasteiger partial charge in [0.15, 0.2) is 0 Å². The Bertz CT molecular complexity index is 360. The highest BCUT2D eigenvalue weighted by Gasteiger charge is 2.98. The third-order valence-corrected chi connectivity index (χ3v) is 10.7. The first kappa shape index (κ1) is 6.25. The summed E-state index contributed by atoms with van der Waals surface area (Å²) >= 11 is 0. The summed E-state index contributed by atoms with van der Waals surface area (Å²) in [5.74, 6) is 21.3. The van der Waals surface area contributed by atoms with Crippen LogP contribution in [0.2, 0.25) is 0 Å². The molecule has 10 aliphatic rings. The van der Waals surface area contributed by atoms with E-state index in [4.69, 9.17) is 0 Å². The predicted molar refractivity (Wildman–Crippen MR) is 55.8 cm³/mol. The Morgan fingerprint density at radius 3 is 0.250 bits per heavy atom. The molecule has 0 bridgehead atoms. The van der Waals surface area contributed by atoms with Crippen LogP contribution >= 0.6 is 0 Å². The molecule has 80 valence electrons. The second-order valence-electron chi connectivity index (χ2n) is 9.24. The van der Waals surface area contributed by atoms with Gasteiger partial charge in [0, 0.05) is 0 Å². The first-order valence-electron chi connectivity index (χ1n) is 8.00. The van der Waals surface area contributed by atoms with Gasteiger partial charge in [0.2, 0.25) is 0 Å². The molecular formula is C16H16. The lowest BCUT2D eigenvalue weighted by molar-refractivity contribution is 0.0202. The average Bonchev–Trinajstić information content (AvgIpc) is 2.90. The molecule has 0 atom stereocenters. The van der Waals surface area contributed by atoms with Gasteiger partial charge in [0.05, 0.1) is 0 Å². The summed E-state index contributed by atoms with van der Waals surface area (Å²) in [5.41, 5.74) is 0. The van der Waals surface area contributed by atoms with Gasteiger partial charge in [-0.15, -0.1) is 0 Å². The number of hydrogen-bond donors (Lipinski definition) is 0. The van der Waals surface area contributed by atoms with E-state index in [9.17, 15) is 0 Å². The number of hydrogen-bond acceptors (Lipinski definition) is 0. The fourth-order valence-electron chi connectivity index (χ4n) is 12.0. The third-order valence-electron chi connectivity index (χ3n) is 10.7. The molecular weight excluding hydrogens is 192 g/mol. The van der Waals surface area contributed by atoms with Crippen LogP contribution in [0.4, 0.5) is 0 Å². The molecule has 0 spiro atoms. The summed E-state index contributed by atoms with van der Waals surface area (Å²) in [5, 5.41) is 0. The summed E-state index contributed by atoms with van der Waals surface area (Å²) in [4.78, 5) is 0. The molecule has 0 unspecified atom stereocenters.